The number of ether oxygens (including phenoxy) is 1. The molecule has 0 radical (unpaired) electrons. The van der Waals surface area contributed by atoms with Gasteiger partial charge >= 0.3 is 6.09 Å². The molecule has 10 heteroatoms. The van der Waals surface area contributed by atoms with Gasteiger partial charge in [-0.3, -0.25) is 25.5 Å². The molecule has 140 valence electrons. The zero-order valence-corrected chi connectivity index (χ0v) is 15.7. The Bertz CT molecular complexity index is 522. The fourth-order valence-corrected chi connectivity index (χ4v) is 5.91. The van der Waals surface area contributed by atoms with Gasteiger partial charge in [0.15, 0.2) is 0 Å². The predicted octanol–water partition coefficient (Wildman–Crippen LogP) is 0.338. The summed E-state index contributed by atoms with van der Waals surface area (Å²) in [6.45, 7) is 1.86. The van der Waals surface area contributed by atoms with E-state index in [-0.39, 0.29) is 17.9 Å². The maximum absolute atomic E-state index is 12.6. The van der Waals surface area contributed by atoms with Gasteiger partial charge in [0.25, 0.3) is 0 Å². The lowest BCUT2D eigenvalue weighted by Gasteiger charge is -2.23. The van der Waals surface area contributed by atoms with Gasteiger partial charge in [-0.1, -0.05) is 12.8 Å². The van der Waals surface area contributed by atoms with Gasteiger partial charge in [0.2, 0.25) is 11.8 Å². The Morgan fingerprint density at radius 2 is 2.00 bits per heavy atom. The van der Waals surface area contributed by atoms with Gasteiger partial charge in [0, 0.05) is 17.2 Å². The molecule has 8 nitrogen and oxygen atoms in total. The van der Waals surface area contributed by atoms with E-state index in [4.69, 9.17) is 4.74 Å². The second-order valence-corrected chi connectivity index (χ2v) is 8.72. The third-order valence-electron chi connectivity index (χ3n) is 4.55. The minimum atomic E-state index is -0.770. The number of imide groups is 1. The highest BCUT2D eigenvalue weighted by Gasteiger charge is 2.41. The summed E-state index contributed by atoms with van der Waals surface area (Å²) in [5.74, 6) is -0.0634. The minimum Gasteiger partial charge on any atom is -0.450 e. The third-order valence-corrected chi connectivity index (χ3v) is 7.17. The number of carbonyl (C=O) groups is 3. The molecule has 2 saturated heterocycles. The monoisotopic (exact) mass is 388 g/mol. The number of carbonyl (C=O) groups excluding carboxylic acids is 3. The molecule has 0 spiro atoms. The number of amides is 3. The molecule has 25 heavy (non-hydrogen) atoms. The van der Waals surface area contributed by atoms with Crippen LogP contribution in [-0.2, 0) is 14.3 Å². The van der Waals surface area contributed by atoms with Crippen LogP contribution in [0.2, 0.25) is 0 Å². The average molecular weight is 389 g/mol. The largest absolute Gasteiger partial charge is 0.450 e. The van der Waals surface area contributed by atoms with E-state index < -0.39 is 23.4 Å². The SMILES string of the molecule is CCOC(=O)NC(=O)C1NCSC1NC(=O)C1NC2CCCCC2S1. The Morgan fingerprint density at radius 3 is 2.76 bits per heavy atom. The van der Waals surface area contributed by atoms with E-state index in [1.165, 1.54) is 24.6 Å². The number of hydrogen-bond acceptors (Lipinski definition) is 8. The van der Waals surface area contributed by atoms with Crippen LogP contribution in [0.1, 0.15) is 32.6 Å². The van der Waals surface area contributed by atoms with Crippen LogP contribution in [0.3, 0.4) is 0 Å². The molecular formula is C15H24N4O4S2. The summed E-state index contributed by atoms with van der Waals surface area (Å²) in [4.78, 5) is 36.2. The predicted molar refractivity (Wildman–Crippen MR) is 97.0 cm³/mol. The van der Waals surface area contributed by atoms with Crippen molar-refractivity contribution in [1.82, 2.24) is 21.3 Å². The Labute approximate surface area is 155 Å². The lowest BCUT2D eigenvalue weighted by molar-refractivity contribution is -0.123. The molecule has 3 fully saturated rings. The summed E-state index contributed by atoms with van der Waals surface area (Å²) in [5.41, 5.74) is 0. The summed E-state index contributed by atoms with van der Waals surface area (Å²) in [7, 11) is 0. The van der Waals surface area contributed by atoms with Crippen molar-refractivity contribution in [2.45, 2.75) is 60.7 Å². The molecule has 3 rings (SSSR count). The van der Waals surface area contributed by atoms with Gasteiger partial charge in [0.1, 0.15) is 16.8 Å². The van der Waals surface area contributed by atoms with Crippen LogP contribution in [0, 0.1) is 0 Å². The summed E-state index contributed by atoms with van der Waals surface area (Å²) in [6, 6.07) is -0.251. The first kappa shape index (κ1) is 18.8. The van der Waals surface area contributed by atoms with E-state index in [1.807, 2.05) is 0 Å². The minimum absolute atomic E-state index is 0.102. The van der Waals surface area contributed by atoms with Gasteiger partial charge in [-0.2, -0.15) is 0 Å². The number of nitrogens with one attached hydrogen (secondary N) is 4. The molecule has 0 aromatic carbocycles. The molecule has 0 aromatic rings. The fourth-order valence-electron chi connectivity index (χ4n) is 3.34. The van der Waals surface area contributed by atoms with Crippen LogP contribution in [-0.4, -0.2) is 58.5 Å². The molecule has 2 heterocycles. The maximum Gasteiger partial charge on any atom is 0.413 e. The maximum atomic E-state index is 12.6. The summed E-state index contributed by atoms with van der Waals surface area (Å²) >= 11 is 3.12. The van der Waals surface area contributed by atoms with Crippen molar-refractivity contribution >= 4 is 41.4 Å². The van der Waals surface area contributed by atoms with Gasteiger partial charge in [-0.15, -0.1) is 23.5 Å². The number of thioether (sulfide) groups is 2. The van der Waals surface area contributed by atoms with Crippen LogP contribution in [0.4, 0.5) is 4.79 Å². The molecule has 2 aliphatic heterocycles. The van der Waals surface area contributed by atoms with E-state index in [9.17, 15) is 14.4 Å². The molecule has 5 unspecified atom stereocenters. The standard InChI is InChI=1S/C15H24N4O4S2/c1-2-23-15(22)19-11(20)10-13(24-7-16-10)18-12(21)14-17-8-5-3-4-6-9(8)25-14/h8-10,13-14,16-17H,2-7H2,1H3,(H,18,21)(H,19,20,22). The molecule has 1 aliphatic carbocycles. The normalized spacial score (nSPS) is 34.2. The quantitative estimate of drug-likeness (QED) is 0.546. The summed E-state index contributed by atoms with van der Waals surface area (Å²) in [6.07, 6.45) is 3.93. The van der Waals surface area contributed by atoms with Crippen molar-refractivity contribution in [2.75, 3.05) is 12.5 Å². The van der Waals surface area contributed by atoms with Gasteiger partial charge in [0.05, 0.1) is 6.61 Å². The Morgan fingerprint density at radius 1 is 1.20 bits per heavy atom. The molecule has 1 saturated carbocycles. The zero-order chi connectivity index (χ0) is 17.8. The highest BCUT2D eigenvalue weighted by atomic mass is 32.2. The van der Waals surface area contributed by atoms with Crippen molar-refractivity contribution in [3.8, 4) is 0 Å². The lowest BCUT2D eigenvalue weighted by Crippen LogP contribution is -2.54. The molecule has 4 N–H and O–H groups in total. The first-order valence-corrected chi connectivity index (χ1v) is 10.6. The average Bonchev–Trinajstić information content (AvgIpc) is 3.21. The second kappa shape index (κ2) is 8.61. The zero-order valence-electron chi connectivity index (χ0n) is 14.1. The van der Waals surface area contributed by atoms with Crippen molar-refractivity contribution in [3.63, 3.8) is 0 Å². The van der Waals surface area contributed by atoms with Crippen LogP contribution in [0.25, 0.3) is 0 Å². The van der Waals surface area contributed by atoms with Crippen molar-refractivity contribution < 1.29 is 19.1 Å². The number of fused-ring (bicyclic) bond motifs is 1. The van der Waals surface area contributed by atoms with E-state index in [0.29, 0.717) is 17.2 Å². The number of hydrogen-bond donors (Lipinski definition) is 4. The first-order valence-electron chi connectivity index (χ1n) is 8.63. The number of alkyl carbamates (subject to hydrolysis) is 1. The van der Waals surface area contributed by atoms with Crippen molar-refractivity contribution in [3.05, 3.63) is 0 Å². The number of rotatable bonds is 4. The van der Waals surface area contributed by atoms with Crippen LogP contribution in [0.5, 0.6) is 0 Å². The van der Waals surface area contributed by atoms with Crippen LogP contribution >= 0.6 is 23.5 Å². The molecule has 3 amide bonds. The van der Waals surface area contributed by atoms with Gasteiger partial charge in [-0.05, 0) is 19.8 Å². The Balaban J connectivity index is 1.51. The first-order chi connectivity index (χ1) is 12.1. The van der Waals surface area contributed by atoms with E-state index in [2.05, 4.69) is 21.3 Å². The molecule has 3 aliphatic rings. The fraction of sp³-hybridized carbons (Fsp3) is 0.800. The second-order valence-electron chi connectivity index (χ2n) is 6.24. The van der Waals surface area contributed by atoms with E-state index in [0.717, 1.165) is 12.8 Å². The van der Waals surface area contributed by atoms with Gasteiger partial charge < -0.3 is 10.1 Å². The highest BCUT2D eigenvalue weighted by molar-refractivity contribution is 8.01. The highest BCUT2D eigenvalue weighted by Crippen LogP contribution is 2.37. The molecule has 5 atom stereocenters. The Kier molecular flexibility index (Phi) is 6.48. The summed E-state index contributed by atoms with van der Waals surface area (Å²) in [5, 5.41) is 11.3. The topological polar surface area (TPSA) is 109 Å². The van der Waals surface area contributed by atoms with Crippen LogP contribution in [0.15, 0.2) is 0 Å². The van der Waals surface area contributed by atoms with Crippen molar-refractivity contribution in [2.24, 2.45) is 0 Å². The van der Waals surface area contributed by atoms with Crippen molar-refractivity contribution in [1.29, 1.82) is 0 Å². The Hall–Kier alpha value is -0.970. The van der Waals surface area contributed by atoms with E-state index >= 15 is 0 Å². The smallest absolute Gasteiger partial charge is 0.413 e. The van der Waals surface area contributed by atoms with Crippen LogP contribution < -0.4 is 21.3 Å². The van der Waals surface area contributed by atoms with E-state index in [1.54, 1.807) is 18.7 Å². The molecule has 0 aromatic heterocycles. The third kappa shape index (κ3) is 4.60. The van der Waals surface area contributed by atoms with Gasteiger partial charge in [-0.25, -0.2) is 4.79 Å². The molecular weight excluding hydrogens is 364 g/mol. The summed E-state index contributed by atoms with van der Waals surface area (Å²) < 4.78 is 4.72. The lowest BCUT2D eigenvalue weighted by atomic mass is 9.95. The molecule has 0 bridgehead atoms.